The summed E-state index contributed by atoms with van der Waals surface area (Å²) in [6.45, 7) is 1.96. The van der Waals surface area contributed by atoms with Crippen molar-refractivity contribution in [3.63, 3.8) is 0 Å². The molecule has 0 saturated heterocycles. The number of thiophene rings is 1. The van der Waals surface area contributed by atoms with Gasteiger partial charge < -0.3 is 9.88 Å². The highest BCUT2D eigenvalue weighted by molar-refractivity contribution is 7.21. The van der Waals surface area contributed by atoms with Crippen molar-refractivity contribution in [1.82, 2.24) is 14.9 Å². The largest absolute Gasteiger partial charge is 0.345 e. The molecule has 0 aliphatic rings. The van der Waals surface area contributed by atoms with Gasteiger partial charge in [0.25, 0.3) is 5.91 Å². The molecule has 26 heavy (non-hydrogen) atoms. The zero-order valence-corrected chi connectivity index (χ0v) is 15.6. The third-order valence-electron chi connectivity index (χ3n) is 4.28. The molecule has 0 fully saturated rings. The Balaban J connectivity index is 1.52. The van der Waals surface area contributed by atoms with Crippen molar-refractivity contribution in [3.05, 3.63) is 82.7 Å². The van der Waals surface area contributed by atoms with Gasteiger partial charge in [-0.1, -0.05) is 41.9 Å². The van der Waals surface area contributed by atoms with E-state index in [-0.39, 0.29) is 11.9 Å². The van der Waals surface area contributed by atoms with Crippen LogP contribution in [0, 0.1) is 0 Å². The van der Waals surface area contributed by atoms with Crippen molar-refractivity contribution in [2.45, 2.75) is 13.0 Å². The predicted molar refractivity (Wildman–Crippen MR) is 106 cm³/mol. The summed E-state index contributed by atoms with van der Waals surface area (Å²) in [6.07, 6.45) is 5.39. The monoisotopic (exact) mass is 381 g/mol. The van der Waals surface area contributed by atoms with Gasteiger partial charge in [-0.25, -0.2) is 4.98 Å². The van der Waals surface area contributed by atoms with Gasteiger partial charge in [-0.05, 0) is 30.7 Å². The molecule has 2 heterocycles. The second-order valence-corrected chi connectivity index (χ2v) is 7.43. The molecular weight excluding hydrogens is 366 g/mol. The van der Waals surface area contributed by atoms with Crippen molar-refractivity contribution in [2.24, 2.45) is 0 Å². The lowest BCUT2D eigenvalue weighted by Crippen LogP contribution is -2.26. The topological polar surface area (TPSA) is 46.9 Å². The molecule has 6 heteroatoms. The first kappa shape index (κ1) is 16.8. The molecule has 0 aliphatic carbocycles. The molecule has 1 atom stereocenters. The minimum absolute atomic E-state index is 0.124. The quantitative estimate of drug-likeness (QED) is 0.526. The Morgan fingerprint density at radius 3 is 2.65 bits per heavy atom. The molecule has 0 spiro atoms. The van der Waals surface area contributed by atoms with Gasteiger partial charge in [0.1, 0.15) is 4.88 Å². The van der Waals surface area contributed by atoms with Gasteiger partial charge in [0, 0.05) is 28.2 Å². The first-order valence-corrected chi connectivity index (χ1v) is 9.39. The number of nitrogens with zero attached hydrogens (tertiary/aromatic N) is 2. The van der Waals surface area contributed by atoms with Crippen LogP contribution in [0.5, 0.6) is 0 Å². The van der Waals surface area contributed by atoms with E-state index in [9.17, 15) is 4.79 Å². The van der Waals surface area contributed by atoms with E-state index in [0.29, 0.717) is 9.90 Å². The van der Waals surface area contributed by atoms with Gasteiger partial charge in [-0.2, -0.15) is 0 Å². The number of amides is 1. The van der Waals surface area contributed by atoms with Crippen LogP contribution < -0.4 is 5.32 Å². The van der Waals surface area contributed by atoms with E-state index in [1.165, 1.54) is 11.3 Å². The third kappa shape index (κ3) is 3.11. The average Bonchev–Trinajstić information content (AvgIpc) is 3.31. The Hall–Kier alpha value is -2.63. The Kier molecular flexibility index (Phi) is 4.49. The number of aromatic nitrogens is 2. The first-order chi connectivity index (χ1) is 12.6. The second-order valence-electron chi connectivity index (χ2n) is 6.00. The molecule has 1 amide bonds. The lowest BCUT2D eigenvalue weighted by molar-refractivity contribution is 0.0944. The number of carbonyl (C=O) groups excluding carboxylic acids is 1. The van der Waals surface area contributed by atoms with Gasteiger partial charge >= 0.3 is 0 Å². The Morgan fingerprint density at radius 2 is 1.96 bits per heavy atom. The number of imidazole rings is 1. The van der Waals surface area contributed by atoms with Gasteiger partial charge in [0.15, 0.2) is 0 Å². The van der Waals surface area contributed by atoms with Crippen molar-refractivity contribution in [1.29, 1.82) is 0 Å². The van der Waals surface area contributed by atoms with E-state index in [1.54, 1.807) is 12.5 Å². The van der Waals surface area contributed by atoms with Crippen LogP contribution in [0.25, 0.3) is 15.8 Å². The van der Waals surface area contributed by atoms with Crippen LogP contribution in [0.1, 0.15) is 28.2 Å². The Labute approximate surface area is 160 Å². The molecule has 2 aromatic carbocycles. The number of halogens is 1. The zero-order valence-electron chi connectivity index (χ0n) is 14.0. The summed E-state index contributed by atoms with van der Waals surface area (Å²) in [4.78, 5) is 17.3. The Bertz CT molecular complexity index is 1050. The van der Waals surface area contributed by atoms with Crippen molar-refractivity contribution >= 4 is 38.9 Å². The molecular formula is C20H16ClN3OS. The normalized spacial score (nSPS) is 12.2. The summed E-state index contributed by atoms with van der Waals surface area (Å²) in [5.74, 6) is -0.151. The van der Waals surface area contributed by atoms with E-state index in [1.807, 2.05) is 66.2 Å². The molecule has 4 rings (SSSR count). The fourth-order valence-corrected chi connectivity index (χ4v) is 4.27. The van der Waals surface area contributed by atoms with Gasteiger partial charge in [0.2, 0.25) is 0 Å². The summed E-state index contributed by atoms with van der Waals surface area (Å²) in [7, 11) is 0. The number of nitrogens with one attached hydrogen (secondary N) is 1. The maximum absolute atomic E-state index is 12.7. The van der Waals surface area contributed by atoms with Gasteiger partial charge in [0.05, 0.1) is 17.4 Å². The van der Waals surface area contributed by atoms with E-state index in [0.717, 1.165) is 21.3 Å². The fraction of sp³-hybridized carbons (Fsp3) is 0.100. The number of hydrogen-bond acceptors (Lipinski definition) is 3. The molecule has 4 nitrogen and oxygen atoms in total. The average molecular weight is 382 g/mol. The van der Waals surface area contributed by atoms with Crippen molar-refractivity contribution < 1.29 is 4.79 Å². The molecule has 1 N–H and O–H groups in total. The second kappa shape index (κ2) is 6.94. The summed E-state index contributed by atoms with van der Waals surface area (Å²) >= 11 is 7.82. The number of carbonyl (C=O) groups is 1. The fourth-order valence-electron chi connectivity index (χ4n) is 2.85. The van der Waals surface area contributed by atoms with Gasteiger partial charge in [-0.3, -0.25) is 4.79 Å². The van der Waals surface area contributed by atoms with E-state index in [4.69, 9.17) is 11.6 Å². The molecule has 0 saturated carbocycles. The Morgan fingerprint density at radius 1 is 1.19 bits per heavy atom. The molecule has 0 radical (unpaired) electrons. The summed E-state index contributed by atoms with van der Waals surface area (Å²) in [6, 6.07) is 15.7. The zero-order chi connectivity index (χ0) is 18.1. The van der Waals surface area contributed by atoms with E-state index in [2.05, 4.69) is 10.3 Å². The predicted octanol–water partition coefficient (Wildman–Crippen LogP) is 5.23. The summed E-state index contributed by atoms with van der Waals surface area (Å²) < 4.78 is 2.95. The highest BCUT2D eigenvalue weighted by Crippen LogP contribution is 2.35. The van der Waals surface area contributed by atoms with Crippen LogP contribution in [0.2, 0.25) is 5.02 Å². The number of rotatable bonds is 4. The highest BCUT2D eigenvalue weighted by Gasteiger charge is 2.19. The standard InChI is InChI=1S/C20H16ClN3OS/c1-13(14-6-8-15(9-7-14)24-11-10-22-12-24)23-20(25)19-18(21)16-4-2-3-5-17(16)26-19/h2-13H,1H3,(H,23,25). The van der Waals surface area contributed by atoms with Crippen molar-refractivity contribution in [2.75, 3.05) is 0 Å². The smallest absolute Gasteiger partial charge is 0.263 e. The molecule has 0 aliphatic heterocycles. The number of fused-ring (bicyclic) bond motifs is 1. The number of benzene rings is 2. The summed E-state index contributed by atoms with van der Waals surface area (Å²) in [5.41, 5.74) is 2.05. The molecule has 1 unspecified atom stereocenters. The highest BCUT2D eigenvalue weighted by atomic mass is 35.5. The number of hydrogen-bond donors (Lipinski definition) is 1. The van der Waals surface area contributed by atoms with Crippen LogP contribution >= 0.6 is 22.9 Å². The lowest BCUT2D eigenvalue weighted by Gasteiger charge is -2.14. The molecule has 130 valence electrons. The van der Waals surface area contributed by atoms with E-state index >= 15 is 0 Å². The van der Waals surface area contributed by atoms with Crippen molar-refractivity contribution in [3.8, 4) is 5.69 Å². The summed E-state index contributed by atoms with van der Waals surface area (Å²) in [5, 5.41) is 4.47. The minimum Gasteiger partial charge on any atom is -0.345 e. The lowest BCUT2D eigenvalue weighted by atomic mass is 10.1. The molecule has 0 bridgehead atoms. The van der Waals surface area contributed by atoms with Crippen LogP contribution in [-0.4, -0.2) is 15.5 Å². The van der Waals surface area contributed by atoms with Crippen LogP contribution in [-0.2, 0) is 0 Å². The van der Waals surface area contributed by atoms with Crippen LogP contribution in [0.15, 0.2) is 67.3 Å². The first-order valence-electron chi connectivity index (χ1n) is 8.19. The van der Waals surface area contributed by atoms with Gasteiger partial charge in [-0.15, -0.1) is 11.3 Å². The maximum atomic E-state index is 12.7. The maximum Gasteiger partial charge on any atom is 0.263 e. The minimum atomic E-state index is -0.151. The van der Waals surface area contributed by atoms with E-state index < -0.39 is 0 Å². The van der Waals surface area contributed by atoms with Crippen LogP contribution in [0.3, 0.4) is 0 Å². The third-order valence-corrected chi connectivity index (χ3v) is 5.96. The van der Waals surface area contributed by atoms with Crippen LogP contribution in [0.4, 0.5) is 0 Å². The molecule has 4 aromatic rings. The SMILES string of the molecule is CC(NC(=O)c1sc2ccccc2c1Cl)c1ccc(-n2ccnc2)cc1. The molecule has 2 aromatic heterocycles.